The first-order valence-corrected chi connectivity index (χ1v) is 12.2. The zero-order valence-corrected chi connectivity index (χ0v) is 22.1. The zero-order valence-electron chi connectivity index (χ0n) is 23.1. The molecule has 11 heteroatoms. The van der Waals surface area contributed by atoms with Crippen LogP contribution in [0, 0.1) is 12.8 Å². The molecular weight excluding hydrogens is 480 g/mol. The van der Waals surface area contributed by atoms with E-state index in [4.69, 9.17) is 15.6 Å². The molecule has 2 rings (SSSR count). The molecule has 0 unspecified atom stereocenters. The van der Waals surface area contributed by atoms with Crippen molar-refractivity contribution in [2.45, 2.75) is 59.5 Å². The number of rotatable bonds is 13. The molecule has 0 saturated heterocycles. The van der Waals surface area contributed by atoms with Crippen LogP contribution < -0.4 is 15.4 Å². The van der Waals surface area contributed by atoms with E-state index in [0.717, 1.165) is 0 Å². The van der Waals surface area contributed by atoms with Crippen molar-refractivity contribution in [3.05, 3.63) is 41.7 Å². The molecule has 1 aromatic carbocycles. The Kier molecular flexibility index (Phi) is 10.5. The van der Waals surface area contributed by atoms with Gasteiger partial charge in [-0.2, -0.15) is 5.10 Å². The maximum atomic E-state index is 13.3. The monoisotopic (exact) mass is 517 g/mol. The summed E-state index contributed by atoms with van der Waals surface area (Å²) in [5, 5.41) is 7.44. The van der Waals surface area contributed by atoms with E-state index in [9.17, 15) is 19.2 Å². The van der Waals surface area contributed by atoms with Crippen LogP contribution in [0.5, 0.6) is 5.75 Å². The number of methoxy groups -OCH3 is 1. The smallest absolute Gasteiger partial charge is 0.328 e. The number of carbonyl (C=O) groups excluding carboxylic acids is 4. The largest absolute Gasteiger partial charge is 0.494 e. The highest BCUT2D eigenvalue weighted by Gasteiger charge is 2.31. The molecule has 0 aliphatic carbocycles. The van der Waals surface area contributed by atoms with E-state index in [1.807, 2.05) is 0 Å². The second-order valence-corrected chi connectivity index (χ2v) is 8.51. The SMILES string of the molecule is [2H]N(C(=O)c1cnn(-c2ccccc2OC)c1C)[C@H](C(=O)N[C@@H](CCC(=O)OCC)C(=O)OCC)C(C)C. The molecule has 11 nitrogen and oxygen atoms in total. The Bertz CT molecular complexity index is 1130. The third-order valence-corrected chi connectivity index (χ3v) is 5.54. The average molecular weight is 518 g/mol. The molecule has 0 aliphatic rings. The van der Waals surface area contributed by atoms with Crippen LogP contribution in [0.25, 0.3) is 5.69 Å². The number of benzene rings is 1. The summed E-state index contributed by atoms with van der Waals surface area (Å²) in [5.41, 5.74) is 1.20. The molecule has 37 heavy (non-hydrogen) atoms. The number of amides is 2. The summed E-state index contributed by atoms with van der Waals surface area (Å²) in [6, 6.07) is 4.76. The molecule has 1 heterocycles. The Balaban J connectivity index is 2.27. The number of para-hydroxylation sites is 2. The lowest BCUT2D eigenvalue weighted by Gasteiger charge is -2.24. The highest BCUT2D eigenvalue weighted by atomic mass is 16.5. The minimum atomic E-state index is -1.24. The van der Waals surface area contributed by atoms with Crippen LogP contribution >= 0.6 is 0 Å². The fraction of sp³-hybridized carbons (Fsp3) is 0.500. The highest BCUT2D eigenvalue weighted by molar-refractivity contribution is 5.99. The fourth-order valence-electron chi connectivity index (χ4n) is 3.62. The standard InChI is InChI=1S/C26H36N4O7/c1-7-36-22(31)14-13-19(26(34)37-8-2)28-25(33)23(16(3)4)29-24(32)18-15-27-30(17(18)5)20-11-9-10-12-21(20)35-6/h9-12,15-16,19,23H,7-8,13-14H2,1-6H3,(H,28,33)(H,29,32)/t19-,23-/m0/s1/i/hD. The maximum absolute atomic E-state index is 13.3. The number of aromatic nitrogens is 2. The van der Waals surface area contributed by atoms with Crippen molar-refractivity contribution in [3.8, 4) is 11.4 Å². The lowest BCUT2D eigenvalue weighted by atomic mass is 10.0. The molecule has 2 amide bonds. The first kappa shape index (κ1) is 27.7. The van der Waals surface area contributed by atoms with Gasteiger partial charge in [-0.05, 0) is 45.2 Å². The van der Waals surface area contributed by atoms with E-state index in [1.165, 1.54) is 18.0 Å². The number of nitrogens with zero attached hydrogens (tertiary/aromatic N) is 2. The molecule has 2 atom stereocenters. The van der Waals surface area contributed by atoms with Gasteiger partial charge in [-0.3, -0.25) is 14.4 Å². The van der Waals surface area contributed by atoms with Crippen LogP contribution in [0.4, 0.5) is 0 Å². The van der Waals surface area contributed by atoms with Gasteiger partial charge in [-0.25, -0.2) is 9.48 Å². The second kappa shape index (κ2) is 14.0. The fourth-order valence-corrected chi connectivity index (χ4v) is 3.62. The predicted octanol–water partition coefficient (Wildman–Crippen LogP) is 2.33. The summed E-state index contributed by atoms with van der Waals surface area (Å²) in [4.78, 5) is 50.9. The van der Waals surface area contributed by atoms with Gasteiger partial charge < -0.3 is 24.8 Å². The van der Waals surface area contributed by atoms with Gasteiger partial charge in [0.15, 0.2) is 1.41 Å². The summed E-state index contributed by atoms with van der Waals surface area (Å²) >= 11 is 0. The normalized spacial score (nSPS) is 12.8. The van der Waals surface area contributed by atoms with E-state index >= 15 is 0 Å². The van der Waals surface area contributed by atoms with Gasteiger partial charge in [0, 0.05) is 6.42 Å². The minimum absolute atomic E-state index is 0.0506. The summed E-state index contributed by atoms with van der Waals surface area (Å²) in [7, 11) is 1.53. The van der Waals surface area contributed by atoms with Crippen LogP contribution in [0.3, 0.4) is 0 Å². The lowest BCUT2D eigenvalue weighted by Crippen LogP contribution is -2.54. The second-order valence-electron chi connectivity index (χ2n) is 8.51. The van der Waals surface area contributed by atoms with Gasteiger partial charge in [0.25, 0.3) is 5.91 Å². The van der Waals surface area contributed by atoms with Crippen molar-refractivity contribution in [3.63, 3.8) is 0 Å². The van der Waals surface area contributed by atoms with Crippen molar-refractivity contribution in [2.24, 2.45) is 5.92 Å². The molecule has 2 N–H and O–H groups in total. The number of hydrogen-bond donors (Lipinski definition) is 2. The molecule has 0 bridgehead atoms. The van der Waals surface area contributed by atoms with E-state index in [-0.39, 0.29) is 31.6 Å². The molecule has 0 aliphatic heterocycles. The van der Waals surface area contributed by atoms with Crippen molar-refractivity contribution < 1.29 is 34.8 Å². The Morgan fingerprint density at radius 1 is 1.11 bits per heavy atom. The number of nitrogens with one attached hydrogen (secondary N) is 2. The molecule has 1 aromatic heterocycles. The molecule has 2 aromatic rings. The maximum Gasteiger partial charge on any atom is 0.328 e. The summed E-state index contributed by atoms with van der Waals surface area (Å²) in [5.74, 6) is -2.63. The van der Waals surface area contributed by atoms with Crippen LogP contribution in [0.15, 0.2) is 30.5 Å². The molecule has 0 fully saturated rings. The number of ether oxygens (including phenoxy) is 3. The topological polar surface area (TPSA) is 138 Å². The minimum Gasteiger partial charge on any atom is -0.494 e. The average Bonchev–Trinajstić information content (AvgIpc) is 3.26. The van der Waals surface area contributed by atoms with Gasteiger partial charge in [0.05, 0.1) is 37.8 Å². The van der Waals surface area contributed by atoms with Crippen LogP contribution in [-0.2, 0) is 23.9 Å². The Labute approximate surface area is 218 Å². The highest BCUT2D eigenvalue weighted by Crippen LogP contribution is 2.24. The van der Waals surface area contributed by atoms with Crippen molar-refractivity contribution >= 4 is 23.8 Å². The van der Waals surface area contributed by atoms with Crippen molar-refractivity contribution in [1.82, 2.24) is 20.4 Å². The van der Waals surface area contributed by atoms with E-state index < -0.39 is 41.8 Å². The number of carbonyl (C=O) groups is 4. The third kappa shape index (κ3) is 7.80. The first-order valence-electron chi connectivity index (χ1n) is 12.6. The third-order valence-electron chi connectivity index (χ3n) is 5.54. The zero-order chi connectivity index (χ0) is 28.4. The van der Waals surface area contributed by atoms with E-state index in [2.05, 4.69) is 10.4 Å². The Hall–Kier alpha value is -3.89. The molecular formula is C26H36N4O7. The van der Waals surface area contributed by atoms with Gasteiger partial charge >= 0.3 is 11.9 Å². The molecule has 202 valence electrons. The lowest BCUT2D eigenvalue weighted by molar-refractivity contribution is -0.149. The van der Waals surface area contributed by atoms with Gasteiger partial charge in [0.1, 0.15) is 23.5 Å². The van der Waals surface area contributed by atoms with E-state index in [0.29, 0.717) is 22.4 Å². The predicted molar refractivity (Wildman–Crippen MR) is 135 cm³/mol. The van der Waals surface area contributed by atoms with Crippen LogP contribution in [0.1, 0.15) is 56.6 Å². The number of hydrogen-bond acceptors (Lipinski definition) is 8. The van der Waals surface area contributed by atoms with Crippen LogP contribution in [-0.4, -0.2) is 65.9 Å². The quantitative estimate of drug-likeness (QED) is 0.386. The van der Waals surface area contributed by atoms with Gasteiger partial charge in [0.2, 0.25) is 5.91 Å². The Morgan fingerprint density at radius 3 is 2.41 bits per heavy atom. The molecule has 0 saturated carbocycles. The van der Waals surface area contributed by atoms with Gasteiger partial charge in [-0.1, -0.05) is 26.0 Å². The summed E-state index contributed by atoms with van der Waals surface area (Å²) in [6.07, 6.45) is 1.17. The first-order chi connectivity index (χ1) is 18.1. The Morgan fingerprint density at radius 2 is 1.78 bits per heavy atom. The van der Waals surface area contributed by atoms with Crippen molar-refractivity contribution in [1.29, 1.82) is 0 Å². The van der Waals surface area contributed by atoms with Crippen LogP contribution in [0.2, 0.25) is 1.41 Å². The molecule has 0 spiro atoms. The molecule has 0 radical (unpaired) electrons. The van der Waals surface area contributed by atoms with E-state index in [1.54, 1.807) is 58.9 Å². The summed E-state index contributed by atoms with van der Waals surface area (Å²) in [6.45, 7) is 8.60. The van der Waals surface area contributed by atoms with Crippen molar-refractivity contribution in [2.75, 3.05) is 20.3 Å². The summed E-state index contributed by atoms with van der Waals surface area (Å²) < 4.78 is 25.4. The van der Waals surface area contributed by atoms with Gasteiger partial charge in [-0.15, -0.1) is 0 Å². The number of esters is 2.